The van der Waals surface area contributed by atoms with Gasteiger partial charge in [0, 0.05) is 0 Å². The Bertz CT molecular complexity index is 720. The largest absolute Gasteiger partial charge is 0.497 e. The molecule has 0 saturated heterocycles. The van der Waals surface area contributed by atoms with Crippen molar-refractivity contribution in [2.24, 2.45) is 11.7 Å². The molecule has 0 aliphatic rings. The molecule has 24 heavy (non-hydrogen) atoms. The minimum atomic E-state index is -0.627. The number of aromatic nitrogens is 1. The van der Waals surface area contributed by atoms with Gasteiger partial charge in [0.1, 0.15) is 5.75 Å². The molecular weight excluding hydrogens is 352 g/mol. The zero-order valence-corrected chi connectivity index (χ0v) is 15.3. The molecule has 1 atom stereocenters. The first kappa shape index (κ1) is 20.1. The van der Waals surface area contributed by atoms with E-state index in [0.29, 0.717) is 5.13 Å². The van der Waals surface area contributed by atoms with E-state index in [2.05, 4.69) is 15.6 Å². The van der Waals surface area contributed by atoms with Crippen molar-refractivity contribution in [3.05, 3.63) is 18.2 Å². The van der Waals surface area contributed by atoms with E-state index in [9.17, 15) is 9.59 Å². The number of methoxy groups -OCH3 is 1. The third-order valence-corrected chi connectivity index (χ3v) is 4.22. The highest BCUT2D eigenvalue weighted by Gasteiger charge is 2.18. The number of thiazole rings is 1. The molecule has 2 rings (SSSR count). The summed E-state index contributed by atoms with van der Waals surface area (Å²) in [6, 6.07) is 4.86. The minimum absolute atomic E-state index is 0. The Morgan fingerprint density at radius 1 is 1.38 bits per heavy atom. The average Bonchev–Trinajstić information content (AvgIpc) is 2.92. The molecule has 0 aliphatic heterocycles. The highest BCUT2D eigenvalue weighted by molar-refractivity contribution is 7.22. The molecule has 7 nitrogen and oxygen atoms in total. The average molecular weight is 373 g/mol. The van der Waals surface area contributed by atoms with Crippen LogP contribution in [0.15, 0.2) is 18.2 Å². The Kier molecular flexibility index (Phi) is 7.40. The van der Waals surface area contributed by atoms with Gasteiger partial charge in [0.05, 0.1) is 29.9 Å². The zero-order chi connectivity index (χ0) is 17.0. The number of carbonyl (C=O) groups is 2. The van der Waals surface area contributed by atoms with Crippen molar-refractivity contribution in [2.75, 3.05) is 19.0 Å². The van der Waals surface area contributed by atoms with Gasteiger partial charge in [-0.1, -0.05) is 25.2 Å². The molecule has 2 aromatic rings. The third-order valence-electron chi connectivity index (χ3n) is 3.29. The first-order valence-electron chi connectivity index (χ1n) is 7.18. The second-order valence-corrected chi connectivity index (χ2v) is 6.42. The molecule has 9 heteroatoms. The van der Waals surface area contributed by atoms with Crippen LogP contribution < -0.4 is 21.1 Å². The van der Waals surface area contributed by atoms with Crippen molar-refractivity contribution < 1.29 is 14.3 Å². The Labute approximate surface area is 150 Å². The van der Waals surface area contributed by atoms with Gasteiger partial charge >= 0.3 is 0 Å². The number of hydrogen-bond donors (Lipinski definition) is 3. The van der Waals surface area contributed by atoms with Crippen LogP contribution in [0.3, 0.4) is 0 Å². The molecule has 0 aliphatic carbocycles. The minimum Gasteiger partial charge on any atom is -0.497 e. The third kappa shape index (κ3) is 5.05. The summed E-state index contributed by atoms with van der Waals surface area (Å²) >= 11 is 1.34. The molecule has 1 aromatic heterocycles. The van der Waals surface area contributed by atoms with E-state index in [1.54, 1.807) is 13.2 Å². The lowest BCUT2D eigenvalue weighted by Crippen LogP contribution is -2.46. The Morgan fingerprint density at radius 3 is 2.71 bits per heavy atom. The van der Waals surface area contributed by atoms with E-state index in [1.165, 1.54) is 11.3 Å². The monoisotopic (exact) mass is 372 g/mol. The molecule has 0 spiro atoms. The van der Waals surface area contributed by atoms with Crippen molar-refractivity contribution in [1.29, 1.82) is 0 Å². The summed E-state index contributed by atoms with van der Waals surface area (Å²) in [6.45, 7) is 3.55. The van der Waals surface area contributed by atoms with Gasteiger partial charge in [-0.05, 0) is 24.1 Å². The fourth-order valence-corrected chi connectivity index (χ4v) is 2.75. The number of benzene rings is 1. The lowest BCUT2D eigenvalue weighted by molar-refractivity contribution is -0.125. The fourth-order valence-electron chi connectivity index (χ4n) is 1.84. The van der Waals surface area contributed by atoms with Crippen LogP contribution in [0.2, 0.25) is 0 Å². The molecule has 0 saturated carbocycles. The number of nitrogens with zero attached hydrogens (tertiary/aromatic N) is 1. The number of hydrogen-bond acceptors (Lipinski definition) is 6. The number of fused-ring (bicyclic) bond motifs is 1. The standard InChI is InChI=1S/C15H20N4O3S.ClH/c1-8(2)13(16)14(21)17-7-12(20)19-15-18-10-5-4-9(22-3)6-11(10)23-15;/h4-6,8,13H,7,16H2,1-3H3,(H,17,21)(H,18,19,20);1H/t13-;/m0./s1. The van der Waals surface area contributed by atoms with Crippen LogP contribution >= 0.6 is 23.7 Å². The number of carbonyl (C=O) groups excluding carboxylic acids is 2. The molecule has 132 valence electrons. The van der Waals surface area contributed by atoms with Gasteiger partial charge < -0.3 is 21.1 Å². The van der Waals surface area contributed by atoms with Crippen LogP contribution in [-0.2, 0) is 9.59 Å². The molecule has 0 fully saturated rings. The number of halogens is 1. The van der Waals surface area contributed by atoms with Crippen molar-refractivity contribution in [3.8, 4) is 5.75 Å². The molecule has 0 radical (unpaired) electrons. The summed E-state index contributed by atoms with van der Waals surface area (Å²) in [5, 5.41) is 5.65. The maximum absolute atomic E-state index is 11.9. The molecule has 0 unspecified atom stereocenters. The van der Waals surface area contributed by atoms with Crippen molar-refractivity contribution in [3.63, 3.8) is 0 Å². The molecular formula is C15H21ClN4O3S. The second-order valence-electron chi connectivity index (χ2n) is 5.39. The van der Waals surface area contributed by atoms with Gasteiger partial charge in [-0.3, -0.25) is 9.59 Å². The fraction of sp³-hybridized carbons (Fsp3) is 0.400. The van der Waals surface area contributed by atoms with E-state index in [4.69, 9.17) is 10.5 Å². The SMILES string of the molecule is COc1ccc2nc(NC(=O)CNC(=O)[C@@H](N)C(C)C)sc2c1.Cl. The van der Waals surface area contributed by atoms with Crippen molar-refractivity contribution in [2.45, 2.75) is 19.9 Å². The van der Waals surface area contributed by atoms with Crippen LogP contribution in [-0.4, -0.2) is 36.5 Å². The van der Waals surface area contributed by atoms with Crippen LogP contribution in [0.25, 0.3) is 10.2 Å². The first-order valence-corrected chi connectivity index (χ1v) is 8.00. The maximum Gasteiger partial charge on any atom is 0.245 e. The van der Waals surface area contributed by atoms with E-state index >= 15 is 0 Å². The number of amides is 2. The van der Waals surface area contributed by atoms with Gasteiger partial charge in [-0.15, -0.1) is 12.4 Å². The lowest BCUT2D eigenvalue weighted by atomic mass is 10.1. The Hall–Kier alpha value is -1.90. The van der Waals surface area contributed by atoms with E-state index < -0.39 is 6.04 Å². The van der Waals surface area contributed by atoms with E-state index in [-0.39, 0.29) is 36.7 Å². The number of nitrogens with two attached hydrogens (primary N) is 1. The van der Waals surface area contributed by atoms with Gasteiger partial charge in [0.25, 0.3) is 0 Å². The highest BCUT2D eigenvalue weighted by atomic mass is 35.5. The molecule has 4 N–H and O–H groups in total. The van der Waals surface area contributed by atoms with E-state index in [0.717, 1.165) is 16.0 Å². The number of ether oxygens (including phenoxy) is 1. The summed E-state index contributed by atoms with van der Waals surface area (Å²) < 4.78 is 6.06. The lowest BCUT2D eigenvalue weighted by Gasteiger charge is -2.14. The topological polar surface area (TPSA) is 106 Å². The van der Waals surface area contributed by atoms with Gasteiger partial charge in [0.15, 0.2) is 5.13 Å². The summed E-state index contributed by atoms with van der Waals surface area (Å²) in [4.78, 5) is 27.9. The van der Waals surface area contributed by atoms with Gasteiger partial charge in [-0.25, -0.2) is 4.98 Å². The van der Waals surface area contributed by atoms with Crippen LogP contribution in [0.4, 0.5) is 5.13 Å². The van der Waals surface area contributed by atoms with Crippen LogP contribution in [0.1, 0.15) is 13.8 Å². The summed E-state index contributed by atoms with van der Waals surface area (Å²) in [5.74, 6) is 0.0516. The quantitative estimate of drug-likeness (QED) is 0.716. The first-order chi connectivity index (χ1) is 10.9. The maximum atomic E-state index is 11.9. The number of rotatable bonds is 6. The van der Waals surface area contributed by atoms with Crippen molar-refractivity contribution >= 4 is 50.9 Å². The predicted molar refractivity (Wildman–Crippen MR) is 97.9 cm³/mol. The van der Waals surface area contributed by atoms with Crippen LogP contribution in [0.5, 0.6) is 5.75 Å². The van der Waals surface area contributed by atoms with Gasteiger partial charge in [0.2, 0.25) is 11.8 Å². The normalized spacial score (nSPS) is 11.7. The zero-order valence-electron chi connectivity index (χ0n) is 13.7. The highest BCUT2D eigenvalue weighted by Crippen LogP contribution is 2.28. The predicted octanol–water partition coefficient (Wildman–Crippen LogP) is 1.76. The van der Waals surface area contributed by atoms with Crippen LogP contribution in [0, 0.1) is 5.92 Å². The molecule has 1 aromatic carbocycles. The smallest absolute Gasteiger partial charge is 0.245 e. The molecule has 1 heterocycles. The Morgan fingerprint density at radius 2 is 2.08 bits per heavy atom. The Balaban J connectivity index is 0.00000288. The van der Waals surface area contributed by atoms with Gasteiger partial charge in [-0.2, -0.15) is 0 Å². The molecule has 0 bridgehead atoms. The number of nitrogens with one attached hydrogen (secondary N) is 2. The summed E-state index contributed by atoms with van der Waals surface area (Å²) in [6.07, 6.45) is 0. The molecule has 2 amide bonds. The van der Waals surface area contributed by atoms with E-state index in [1.807, 2.05) is 26.0 Å². The number of anilines is 1. The van der Waals surface area contributed by atoms with Crippen molar-refractivity contribution in [1.82, 2.24) is 10.3 Å². The summed E-state index contributed by atoms with van der Waals surface area (Å²) in [5.41, 5.74) is 6.49. The summed E-state index contributed by atoms with van der Waals surface area (Å²) in [7, 11) is 1.59. The second kappa shape index (κ2) is 8.81.